The molecule has 0 aliphatic carbocycles. The summed E-state index contributed by atoms with van der Waals surface area (Å²) in [7, 11) is 8.42. The Morgan fingerprint density at radius 3 is 2.11 bits per heavy atom. The zero-order valence-corrected chi connectivity index (χ0v) is 12.2. The van der Waals surface area contributed by atoms with Gasteiger partial charge in [-0.1, -0.05) is 24.3 Å². The van der Waals surface area contributed by atoms with Gasteiger partial charge in [0.15, 0.2) is 0 Å². The fourth-order valence-electron chi connectivity index (χ4n) is 2.01. The first kappa shape index (κ1) is 15.2. The molecule has 0 aliphatic heterocycles. The number of hydrogen-bond donors (Lipinski definition) is 1. The number of nitrogens with zero attached hydrogens (tertiary/aromatic N) is 2. The maximum atomic E-state index is 3.17. The number of benzene rings is 1. The summed E-state index contributed by atoms with van der Waals surface area (Å²) in [6, 6.07) is 8.88. The van der Waals surface area contributed by atoms with Crippen LogP contribution in [0.1, 0.15) is 17.5 Å². The Kier molecular flexibility index (Phi) is 6.94. The van der Waals surface area contributed by atoms with Gasteiger partial charge in [-0.05, 0) is 58.8 Å². The van der Waals surface area contributed by atoms with Crippen LogP contribution in [0.15, 0.2) is 24.3 Å². The Balaban J connectivity index is 2.32. The van der Waals surface area contributed by atoms with E-state index in [0.29, 0.717) is 0 Å². The fourth-order valence-corrected chi connectivity index (χ4v) is 2.01. The summed E-state index contributed by atoms with van der Waals surface area (Å²) < 4.78 is 0. The SMILES string of the molecule is CNCc1ccc(CN(C)CCCN(C)C)cc1. The molecule has 3 nitrogen and oxygen atoms in total. The van der Waals surface area contributed by atoms with E-state index in [0.717, 1.165) is 26.2 Å². The van der Waals surface area contributed by atoms with Crippen LogP contribution in [0.2, 0.25) is 0 Å². The highest BCUT2D eigenvalue weighted by molar-refractivity contribution is 5.22. The van der Waals surface area contributed by atoms with E-state index >= 15 is 0 Å². The molecule has 0 bridgehead atoms. The first-order valence-electron chi connectivity index (χ1n) is 6.67. The van der Waals surface area contributed by atoms with Crippen molar-refractivity contribution in [3.63, 3.8) is 0 Å². The number of nitrogens with one attached hydrogen (secondary N) is 1. The van der Waals surface area contributed by atoms with Crippen LogP contribution in [0.4, 0.5) is 0 Å². The maximum Gasteiger partial charge on any atom is 0.0230 e. The monoisotopic (exact) mass is 249 g/mol. The van der Waals surface area contributed by atoms with Crippen molar-refractivity contribution in [1.29, 1.82) is 0 Å². The van der Waals surface area contributed by atoms with Crippen LogP contribution >= 0.6 is 0 Å². The molecule has 0 amide bonds. The van der Waals surface area contributed by atoms with E-state index in [9.17, 15) is 0 Å². The quantitative estimate of drug-likeness (QED) is 0.758. The van der Waals surface area contributed by atoms with Crippen molar-refractivity contribution in [2.75, 3.05) is 41.3 Å². The van der Waals surface area contributed by atoms with E-state index in [4.69, 9.17) is 0 Å². The molecule has 18 heavy (non-hydrogen) atoms. The van der Waals surface area contributed by atoms with Crippen molar-refractivity contribution < 1.29 is 0 Å². The van der Waals surface area contributed by atoms with Crippen LogP contribution in [0.5, 0.6) is 0 Å². The molecule has 1 rings (SSSR count). The van der Waals surface area contributed by atoms with Crippen LogP contribution in [-0.4, -0.2) is 51.1 Å². The van der Waals surface area contributed by atoms with Crippen LogP contribution in [-0.2, 0) is 13.1 Å². The maximum absolute atomic E-state index is 3.17. The summed E-state index contributed by atoms with van der Waals surface area (Å²) in [6.07, 6.45) is 1.22. The molecule has 0 saturated heterocycles. The van der Waals surface area contributed by atoms with Gasteiger partial charge in [0.05, 0.1) is 0 Å². The Morgan fingerprint density at radius 2 is 1.56 bits per heavy atom. The molecule has 0 radical (unpaired) electrons. The van der Waals surface area contributed by atoms with Crippen LogP contribution in [0, 0.1) is 0 Å². The summed E-state index contributed by atoms with van der Waals surface area (Å²) in [5.41, 5.74) is 2.73. The molecule has 0 fully saturated rings. The molecule has 0 heterocycles. The van der Waals surface area contributed by atoms with Crippen molar-refractivity contribution in [2.24, 2.45) is 0 Å². The van der Waals surface area contributed by atoms with Crippen molar-refractivity contribution in [1.82, 2.24) is 15.1 Å². The van der Waals surface area contributed by atoms with E-state index in [1.807, 2.05) is 7.05 Å². The summed E-state index contributed by atoms with van der Waals surface area (Å²) >= 11 is 0. The molecule has 102 valence electrons. The highest BCUT2D eigenvalue weighted by Crippen LogP contribution is 2.07. The molecule has 0 atom stereocenters. The minimum atomic E-state index is 0.943. The molecule has 3 heteroatoms. The van der Waals surface area contributed by atoms with E-state index in [-0.39, 0.29) is 0 Å². The van der Waals surface area contributed by atoms with Gasteiger partial charge in [0.25, 0.3) is 0 Å². The lowest BCUT2D eigenvalue weighted by molar-refractivity contribution is 0.294. The third-order valence-corrected chi connectivity index (χ3v) is 3.00. The third-order valence-electron chi connectivity index (χ3n) is 3.00. The Bertz CT molecular complexity index is 319. The largest absolute Gasteiger partial charge is 0.316 e. The Morgan fingerprint density at radius 1 is 0.944 bits per heavy atom. The standard InChI is InChI=1S/C15H27N3/c1-16-12-14-6-8-15(9-7-14)13-18(4)11-5-10-17(2)3/h6-9,16H,5,10-13H2,1-4H3. The van der Waals surface area contributed by atoms with Crippen molar-refractivity contribution >= 4 is 0 Å². The molecule has 0 spiro atoms. The summed E-state index contributed by atoms with van der Waals surface area (Å²) in [6.45, 7) is 4.29. The Labute approximate surface area is 112 Å². The predicted octanol–water partition coefficient (Wildman–Crippen LogP) is 1.79. The van der Waals surface area contributed by atoms with E-state index < -0.39 is 0 Å². The number of hydrogen-bond acceptors (Lipinski definition) is 3. The molecule has 0 aliphatic rings. The van der Waals surface area contributed by atoms with Crippen LogP contribution < -0.4 is 5.32 Å². The van der Waals surface area contributed by atoms with E-state index in [2.05, 4.69) is 60.5 Å². The molecule has 1 aromatic carbocycles. The smallest absolute Gasteiger partial charge is 0.0230 e. The Hall–Kier alpha value is -0.900. The summed E-state index contributed by atoms with van der Waals surface area (Å²) in [4.78, 5) is 4.62. The van der Waals surface area contributed by atoms with Gasteiger partial charge in [-0.2, -0.15) is 0 Å². The van der Waals surface area contributed by atoms with Gasteiger partial charge < -0.3 is 15.1 Å². The first-order chi connectivity index (χ1) is 8.61. The normalized spacial score (nSPS) is 11.4. The van der Waals surface area contributed by atoms with Crippen LogP contribution in [0.25, 0.3) is 0 Å². The molecule has 0 unspecified atom stereocenters. The molecule has 0 saturated carbocycles. The average Bonchev–Trinajstić information content (AvgIpc) is 2.31. The zero-order valence-electron chi connectivity index (χ0n) is 12.2. The highest BCUT2D eigenvalue weighted by Gasteiger charge is 2.01. The minimum absolute atomic E-state index is 0.943. The second-order valence-electron chi connectivity index (χ2n) is 5.24. The fraction of sp³-hybridized carbons (Fsp3) is 0.600. The molecular formula is C15H27N3. The molecule has 1 N–H and O–H groups in total. The van der Waals surface area contributed by atoms with Gasteiger partial charge >= 0.3 is 0 Å². The van der Waals surface area contributed by atoms with E-state index in [1.54, 1.807) is 0 Å². The van der Waals surface area contributed by atoms with Gasteiger partial charge in [0, 0.05) is 13.1 Å². The van der Waals surface area contributed by atoms with Crippen molar-refractivity contribution in [2.45, 2.75) is 19.5 Å². The van der Waals surface area contributed by atoms with Crippen molar-refractivity contribution in [3.8, 4) is 0 Å². The molecular weight excluding hydrogens is 222 g/mol. The second kappa shape index (κ2) is 8.25. The average molecular weight is 249 g/mol. The summed E-state index contributed by atoms with van der Waals surface area (Å²) in [5.74, 6) is 0. The number of rotatable bonds is 8. The molecule has 1 aromatic rings. The van der Waals surface area contributed by atoms with Gasteiger partial charge in [-0.25, -0.2) is 0 Å². The second-order valence-corrected chi connectivity index (χ2v) is 5.24. The van der Waals surface area contributed by atoms with Crippen LogP contribution in [0.3, 0.4) is 0 Å². The van der Waals surface area contributed by atoms with Gasteiger partial charge in [0.2, 0.25) is 0 Å². The first-order valence-corrected chi connectivity index (χ1v) is 6.67. The summed E-state index contributed by atoms with van der Waals surface area (Å²) in [5, 5.41) is 3.17. The van der Waals surface area contributed by atoms with Crippen molar-refractivity contribution in [3.05, 3.63) is 35.4 Å². The highest BCUT2D eigenvalue weighted by atomic mass is 15.1. The lowest BCUT2D eigenvalue weighted by Gasteiger charge is -2.18. The minimum Gasteiger partial charge on any atom is -0.316 e. The van der Waals surface area contributed by atoms with E-state index in [1.165, 1.54) is 17.5 Å². The topological polar surface area (TPSA) is 18.5 Å². The predicted molar refractivity (Wildman–Crippen MR) is 78.7 cm³/mol. The van der Waals surface area contributed by atoms with Gasteiger partial charge in [-0.15, -0.1) is 0 Å². The molecule has 0 aromatic heterocycles. The third kappa shape index (κ3) is 6.15. The lowest BCUT2D eigenvalue weighted by atomic mass is 10.1. The van der Waals surface area contributed by atoms with Gasteiger partial charge in [0.1, 0.15) is 0 Å². The van der Waals surface area contributed by atoms with Gasteiger partial charge in [-0.3, -0.25) is 0 Å². The zero-order chi connectivity index (χ0) is 13.4. The lowest BCUT2D eigenvalue weighted by Crippen LogP contribution is -2.23.